The van der Waals surface area contributed by atoms with Gasteiger partial charge in [-0.15, -0.1) is 35.3 Å². The molecule has 1 aliphatic rings. The Balaban J connectivity index is 0.00000261. The van der Waals surface area contributed by atoms with Gasteiger partial charge in [-0.05, 0) is 48.9 Å². The van der Waals surface area contributed by atoms with Crippen LogP contribution >= 0.6 is 51.2 Å². The number of hydrogen-bond acceptors (Lipinski definition) is 3. The second-order valence-corrected chi connectivity index (χ2v) is 8.48. The molecule has 3 rings (SSSR count). The lowest BCUT2D eigenvalue weighted by molar-refractivity contribution is 0.0514. The van der Waals surface area contributed by atoms with Crippen LogP contribution in [0.15, 0.2) is 51.2 Å². The van der Waals surface area contributed by atoms with E-state index in [1.165, 1.54) is 10.4 Å². The zero-order chi connectivity index (χ0) is 18.2. The van der Waals surface area contributed by atoms with Gasteiger partial charge in [-0.1, -0.05) is 34.1 Å². The van der Waals surface area contributed by atoms with Gasteiger partial charge in [-0.3, -0.25) is 0 Å². The standard InChI is InChI=1S/C20H26BrN3OS.HI/c1-2-22-19(23-14-18-4-3-13-26-18)24-15-20(9-11-25-12-10-20)16-5-7-17(21)8-6-16;/h3-8,13H,2,9-12,14-15H2,1H3,(H2,22,23,24);1H. The average Bonchev–Trinajstić information content (AvgIpc) is 3.19. The number of aliphatic imine (C=N–C) groups is 1. The summed E-state index contributed by atoms with van der Waals surface area (Å²) in [7, 11) is 0. The number of guanidine groups is 1. The van der Waals surface area contributed by atoms with Crippen molar-refractivity contribution in [1.29, 1.82) is 0 Å². The Hall–Kier alpha value is -0.640. The molecule has 0 aliphatic carbocycles. The van der Waals surface area contributed by atoms with Crippen molar-refractivity contribution >= 4 is 57.2 Å². The molecule has 1 aliphatic heterocycles. The molecule has 1 aromatic heterocycles. The fourth-order valence-corrected chi connectivity index (χ4v) is 4.18. The lowest BCUT2D eigenvalue weighted by Crippen LogP contribution is -2.48. The van der Waals surface area contributed by atoms with Crippen molar-refractivity contribution in [3.05, 3.63) is 56.7 Å². The first kappa shape index (κ1) is 22.6. The first-order valence-corrected chi connectivity index (χ1v) is 10.8. The maximum Gasteiger partial charge on any atom is 0.191 e. The molecule has 2 aromatic rings. The van der Waals surface area contributed by atoms with Crippen LogP contribution in [0.25, 0.3) is 0 Å². The summed E-state index contributed by atoms with van der Waals surface area (Å²) in [5, 5.41) is 9.04. The molecule has 1 aromatic carbocycles. The van der Waals surface area contributed by atoms with Gasteiger partial charge >= 0.3 is 0 Å². The molecule has 27 heavy (non-hydrogen) atoms. The highest BCUT2D eigenvalue weighted by atomic mass is 127. The third-order valence-electron chi connectivity index (χ3n) is 4.82. The summed E-state index contributed by atoms with van der Waals surface area (Å²) in [6.07, 6.45) is 2.04. The number of nitrogens with zero attached hydrogens (tertiary/aromatic N) is 1. The maximum absolute atomic E-state index is 5.64. The molecule has 1 fully saturated rings. The van der Waals surface area contributed by atoms with Crippen LogP contribution in [0.3, 0.4) is 0 Å². The monoisotopic (exact) mass is 563 g/mol. The zero-order valence-electron chi connectivity index (χ0n) is 15.5. The Morgan fingerprint density at radius 2 is 1.93 bits per heavy atom. The summed E-state index contributed by atoms with van der Waals surface area (Å²) in [4.78, 5) is 6.02. The average molecular weight is 564 g/mol. The molecule has 2 N–H and O–H groups in total. The van der Waals surface area contributed by atoms with Crippen LogP contribution in [0.2, 0.25) is 0 Å². The minimum atomic E-state index is 0. The van der Waals surface area contributed by atoms with E-state index in [0.717, 1.165) is 49.6 Å². The molecule has 0 unspecified atom stereocenters. The van der Waals surface area contributed by atoms with Crippen molar-refractivity contribution in [2.24, 2.45) is 4.99 Å². The molecular formula is C20H27BrIN3OS. The van der Waals surface area contributed by atoms with Gasteiger partial charge in [0.15, 0.2) is 5.96 Å². The molecule has 0 saturated carbocycles. The van der Waals surface area contributed by atoms with E-state index in [-0.39, 0.29) is 29.4 Å². The van der Waals surface area contributed by atoms with E-state index in [9.17, 15) is 0 Å². The first-order chi connectivity index (χ1) is 12.7. The van der Waals surface area contributed by atoms with E-state index >= 15 is 0 Å². The Bertz CT molecular complexity index is 701. The summed E-state index contributed by atoms with van der Waals surface area (Å²) < 4.78 is 6.75. The van der Waals surface area contributed by atoms with E-state index in [0.29, 0.717) is 6.54 Å². The van der Waals surface area contributed by atoms with E-state index in [1.807, 2.05) is 0 Å². The Morgan fingerprint density at radius 1 is 1.19 bits per heavy atom. The summed E-state index contributed by atoms with van der Waals surface area (Å²) in [6.45, 7) is 6.13. The highest BCUT2D eigenvalue weighted by molar-refractivity contribution is 14.0. The van der Waals surface area contributed by atoms with Crippen molar-refractivity contribution < 1.29 is 4.74 Å². The number of benzene rings is 1. The molecule has 0 spiro atoms. The molecule has 1 saturated heterocycles. The zero-order valence-corrected chi connectivity index (χ0v) is 20.3. The fraction of sp³-hybridized carbons (Fsp3) is 0.450. The summed E-state index contributed by atoms with van der Waals surface area (Å²) in [5.41, 5.74) is 1.45. The van der Waals surface area contributed by atoms with Crippen LogP contribution in [0.4, 0.5) is 0 Å². The molecule has 0 radical (unpaired) electrons. The van der Waals surface area contributed by atoms with Gasteiger partial charge < -0.3 is 15.4 Å². The molecule has 2 heterocycles. The predicted octanol–water partition coefficient (Wildman–Crippen LogP) is 4.93. The summed E-state index contributed by atoms with van der Waals surface area (Å²) >= 11 is 5.28. The second kappa shape index (κ2) is 11.4. The molecular weight excluding hydrogens is 537 g/mol. The number of thiophene rings is 1. The topological polar surface area (TPSA) is 45.7 Å². The van der Waals surface area contributed by atoms with Crippen molar-refractivity contribution in [3.8, 4) is 0 Å². The molecule has 4 nitrogen and oxygen atoms in total. The third-order valence-corrected chi connectivity index (χ3v) is 6.21. The Morgan fingerprint density at radius 3 is 2.56 bits per heavy atom. The summed E-state index contributed by atoms with van der Waals surface area (Å²) in [6, 6.07) is 12.9. The predicted molar refractivity (Wildman–Crippen MR) is 128 cm³/mol. The third kappa shape index (κ3) is 6.44. The molecule has 7 heteroatoms. The number of halogens is 2. The quantitative estimate of drug-likeness (QED) is 0.297. The minimum absolute atomic E-state index is 0. The van der Waals surface area contributed by atoms with E-state index in [1.54, 1.807) is 11.3 Å². The van der Waals surface area contributed by atoms with Crippen LogP contribution in [0, 0.1) is 0 Å². The van der Waals surface area contributed by atoms with Crippen LogP contribution in [-0.2, 0) is 16.7 Å². The Kier molecular flexibility index (Phi) is 9.55. The van der Waals surface area contributed by atoms with Crippen molar-refractivity contribution in [2.45, 2.75) is 31.7 Å². The molecule has 148 valence electrons. The minimum Gasteiger partial charge on any atom is -0.381 e. The first-order valence-electron chi connectivity index (χ1n) is 9.10. The van der Waals surface area contributed by atoms with Crippen LogP contribution in [0.1, 0.15) is 30.2 Å². The van der Waals surface area contributed by atoms with Gasteiger partial charge in [0.05, 0.1) is 6.54 Å². The van der Waals surface area contributed by atoms with Crippen LogP contribution < -0.4 is 10.6 Å². The number of rotatable bonds is 6. The van der Waals surface area contributed by atoms with Crippen LogP contribution in [0.5, 0.6) is 0 Å². The van der Waals surface area contributed by atoms with Gasteiger partial charge in [-0.2, -0.15) is 0 Å². The SMILES string of the molecule is CCNC(=NCc1cccs1)NCC1(c2ccc(Br)cc2)CCOCC1.I. The lowest BCUT2D eigenvalue weighted by Gasteiger charge is -2.38. The maximum atomic E-state index is 5.64. The van der Waals surface area contributed by atoms with Gasteiger partial charge in [0.25, 0.3) is 0 Å². The van der Waals surface area contributed by atoms with Crippen molar-refractivity contribution in [1.82, 2.24) is 10.6 Å². The second-order valence-electron chi connectivity index (χ2n) is 6.53. The lowest BCUT2D eigenvalue weighted by atomic mass is 9.74. The molecule has 0 bridgehead atoms. The normalized spacial score (nSPS) is 16.4. The molecule has 0 atom stereocenters. The van der Waals surface area contributed by atoms with Gasteiger partial charge in [0, 0.05) is 41.1 Å². The number of nitrogens with one attached hydrogen (secondary N) is 2. The largest absolute Gasteiger partial charge is 0.381 e. The highest BCUT2D eigenvalue weighted by Gasteiger charge is 2.34. The van der Waals surface area contributed by atoms with Crippen LogP contribution in [-0.4, -0.2) is 32.3 Å². The highest BCUT2D eigenvalue weighted by Crippen LogP contribution is 2.34. The van der Waals surface area contributed by atoms with Crippen molar-refractivity contribution in [2.75, 3.05) is 26.3 Å². The fourth-order valence-electron chi connectivity index (χ4n) is 3.29. The number of hydrogen-bond donors (Lipinski definition) is 2. The van der Waals surface area contributed by atoms with Gasteiger partial charge in [-0.25, -0.2) is 4.99 Å². The Labute approximate surface area is 191 Å². The summed E-state index contributed by atoms with van der Waals surface area (Å²) in [5.74, 6) is 0.879. The van der Waals surface area contributed by atoms with E-state index in [2.05, 4.69) is 75.3 Å². The van der Waals surface area contributed by atoms with E-state index < -0.39 is 0 Å². The van der Waals surface area contributed by atoms with E-state index in [4.69, 9.17) is 9.73 Å². The van der Waals surface area contributed by atoms with Gasteiger partial charge in [0.2, 0.25) is 0 Å². The smallest absolute Gasteiger partial charge is 0.191 e. The number of ether oxygens (including phenoxy) is 1. The van der Waals surface area contributed by atoms with Crippen molar-refractivity contribution in [3.63, 3.8) is 0 Å². The molecule has 0 amide bonds. The van der Waals surface area contributed by atoms with Gasteiger partial charge in [0.1, 0.15) is 0 Å².